The minimum absolute atomic E-state index is 0.409. The summed E-state index contributed by atoms with van der Waals surface area (Å²) in [5, 5.41) is 3.01. The first-order valence-electron chi connectivity index (χ1n) is 10.9. The standard InChI is InChI=1S/C25H34OSi/c1-19(2)23-16-15-20(3)18-24(23)26-27(22-12-5-4-6-13-22)17-9-11-21-10-7-8-14-25(21)27/h4-8,10,12-14,19-20,23-24H,9,11,15-18H2,1-3H3/t20-,23+,24-,27+/m1/s1. The Bertz CT molecular complexity index is 756. The molecule has 1 saturated carbocycles. The maximum Gasteiger partial charge on any atom is 0.256 e. The van der Waals surface area contributed by atoms with Gasteiger partial charge in [0.15, 0.2) is 0 Å². The topological polar surface area (TPSA) is 9.23 Å². The van der Waals surface area contributed by atoms with E-state index in [2.05, 4.69) is 75.4 Å². The molecule has 2 aromatic rings. The van der Waals surface area contributed by atoms with E-state index in [1.54, 1.807) is 5.19 Å². The van der Waals surface area contributed by atoms with Crippen molar-refractivity contribution in [2.75, 3.05) is 0 Å². The fourth-order valence-electron chi connectivity index (χ4n) is 5.50. The predicted octanol–water partition coefficient (Wildman–Crippen LogP) is 5.17. The molecule has 1 aliphatic carbocycles. The normalized spacial score (nSPS) is 30.9. The molecule has 2 heteroatoms. The van der Waals surface area contributed by atoms with Gasteiger partial charge in [0, 0.05) is 6.10 Å². The van der Waals surface area contributed by atoms with Crippen LogP contribution in [-0.2, 0) is 10.8 Å². The van der Waals surface area contributed by atoms with Crippen LogP contribution in [0, 0.1) is 17.8 Å². The highest BCUT2D eigenvalue weighted by molar-refractivity contribution is 6.98. The van der Waals surface area contributed by atoms with E-state index >= 15 is 0 Å². The molecule has 0 aromatic heterocycles. The van der Waals surface area contributed by atoms with Gasteiger partial charge in [-0.3, -0.25) is 0 Å². The van der Waals surface area contributed by atoms with Crippen LogP contribution >= 0.6 is 0 Å². The molecule has 4 rings (SSSR count). The van der Waals surface area contributed by atoms with Gasteiger partial charge in [-0.2, -0.15) is 0 Å². The first-order chi connectivity index (χ1) is 13.1. The van der Waals surface area contributed by atoms with Gasteiger partial charge >= 0.3 is 0 Å². The summed E-state index contributed by atoms with van der Waals surface area (Å²) >= 11 is 0. The van der Waals surface area contributed by atoms with Crippen molar-refractivity contribution in [1.29, 1.82) is 0 Å². The number of fused-ring (bicyclic) bond motifs is 1. The highest BCUT2D eigenvalue weighted by Crippen LogP contribution is 2.38. The Morgan fingerprint density at radius 3 is 2.48 bits per heavy atom. The van der Waals surface area contributed by atoms with Crippen molar-refractivity contribution < 1.29 is 4.43 Å². The molecule has 27 heavy (non-hydrogen) atoms. The molecule has 0 saturated heterocycles. The molecule has 2 aliphatic rings. The first-order valence-corrected chi connectivity index (χ1v) is 13.0. The fraction of sp³-hybridized carbons (Fsp3) is 0.520. The molecule has 0 bridgehead atoms. The second-order valence-corrected chi connectivity index (χ2v) is 12.7. The van der Waals surface area contributed by atoms with E-state index in [-0.39, 0.29) is 0 Å². The van der Waals surface area contributed by atoms with E-state index in [1.165, 1.54) is 48.9 Å². The van der Waals surface area contributed by atoms with Crippen LogP contribution in [0.2, 0.25) is 6.04 Å². The van der Waals surface area contributed by atoms with Crippen LogP contribution in [0.5, 0.6) is 0 Å². The summed E-state index contributed by atoms with van der Waals surface area (Å²) in [6.07, 6.45) is 6.78. The number of aryl methyl sites for hydroxylation is 1. The fourth-order valence-corrected chi connectivity index (χ4v) is 10.0. The van der Waals surface area contributed by atoms with Gasteiger partial charge in [0.25, 0.3) is 8.32 Å². The van der Waals surface area contributed by atoms with E-state index in [0.29, 0.717) is 17.9 Å². The van der Waals surface area contributed by atoms with Crippen molar-refractivity contribution >= 4 is 18.7 Å². The van der Waals surface area contributed by atoms with Crippen LogP contribution in [0.25, 0.3) is 0 Å². The number of hydrogen-bond acceptors (Lipinski definition) is 1. The molecule has 0 unspecified atom stereocenters. The molecule has 0 radical (unpaired) electrons. The van der Waals surface area contributed by atoms with Crippen LogP contribution in [0.4, 0.5) is 0 Å². The van der Waals surface area contributed by atoms with Gasteiger partial charge in [0.05, 0.1) is 0 Å². The lowest BCUT2D eigenvalue weighted by molar-refractivity contribution is 0.0416. The summed E-state index contributed by atoms with van der Waals surface area (Å²) in [6.45, 7) is 7.20. The maximum absolute atomic E-state index is 7.42. The third-order valence-corrected chi connectivity index (χ3v) is 11.4. The van der Waals surface area contributed by atoms with Gasteiger partial charge in [-0.05, 0) is 65.4 Å². The number of rotatable bonds is 4. The van der Waals surface area contributed by atoms with Gasteiger partial charge < -0.3 is 4.43 Å². The Morgan fingerprint density at radius 1 is 0.963 bits per heavy atom. The third kappa shape index (κ3) is 3.66. The zero-order valence-electron chi connectivity index (χ0n) is 17.2. The molecule has 0 N–H and O–H groups in total. The van der Waals surface area contributed by atoms with Crippen LogP contribution in [0.1, 0.15) is 52.0 Å². The zero-order chi connectivity index (χ0) is 18.9. The van der Waals surface area contributed by atoms with E-state index in [4.69, 9.17) is 4.43 Å². The van der Waals surface area contributed by atoms with Crippen LogP contribution in [-0.4, -0.2) is 14.4 Å². The molecule has 144 valence electrons. The zero-order valence-corrected chi connectivity index (χ0v) is 18.2. The average Bonchev–Trinajstić information content (AvgIpc) is 2.69. The second-order valence-electron chi connectivity index (χ2n) is 9.19. The molecule has 4 atom stereocenters. The van der Waals surface area contributed by atoms with E-state index in [1.807, 2.05) is 0 Å². The van der Waals surface area contributed by atoms with Gasteiger partial charge in [-0.25, -0.2) is 0 Å². The van der Waals surface area contributed by atoms with Gasteiger partial charge in [-0.15, -0.1) is 0 Å². The van der Waals surface area contributed by atoms with Crippen LogP contribution in [0.15, 0.2) is 54.6 Å². The quantitative estimate of drug-likeness (QED) is 0.667. The molecule has 0 spiro atoms. The molecular weight excluding hydrogens is 344 g/mol. The summed E-state index contributed by atoms with van der Waals surface area (Å²) in [5.74, 6) is 2.18. The van der Waals surface area contributed by atoms with Crippen molar-refractivity contribution in [3.05, 3.63) is 60.2 Å². The van der Waals surface area contributed by atoms with Crippen LogP contribution < -0.4 is 10.4 Å². The molecule has 1 fully saturated rings. The molecule has 1 aliphatic heterocycles. The molecule has 2 aromatic carbocycles. The first kappa shape index (κ1) is 19.0. The number of benzene rings is 2. The lowest BCUT2D eigenvalue weighted by Gasteiger charge is -2.45. The van der Waals surface area contributed by atoms with Gasteiger partial charge in [0.2, 0.25) is 0 Å². The Labute approximate surface area is 166 Å². The SMILES string of the molecule is CC(C)[C@@H]1CC[C@@H](C)C[C@H]1O[Si@]1(c2ccccc2)CCCc2ccccc21. The largest absolute Gasteiger partial charge is 0.405 e. The highest BCUT2D eigenvalue weighted by atomic mass is 28.4. The third-order valence-electron chi connectivity index (χ3n) is 6.98. The Hall–Kier alpha value is -1.38. The summed E-state index contributed by atoms with van der Waals surface area (Å²) in [5.41, 5.74) is 1.53. The minimum Gasteiger partial charge on any atom is -0.405 e. The van der Waals surface area contributed by atoms with Crippen molar-refractivity contribution in [2.24, 2.45) is 17.8 Å². The van der Waals surface area contributed by atoms with Crippen LogP contribution in [0.3, 0.4) is 0 Å². The highest BCUT2D eigenvalue weighted by Gasteiger charge is 2.46. The van der Waals surface area contributed by atoms with Crippen molar-refractivity contribution in [3.63, 3.8) is 0 Å². The smallest absolute Gasteiger partial charge is 0.256 e. The second kappa shape index (κ2) is 7.93. The summed E-state index contributed by atoms with van der Waals surface area (Å²) in [4.78, 5) is 0. The minimum atomic E-state index is -2.18. The number of hydrogen-bond donors (Lipinski definition) is 0. The molecule has 1 heterocycles. The molecular formula is C25H34OSi. The molecule has 0 amide bonds. The maximum atomic E-state index is 7.42. The van der Waals surface area contributed by atoms with Gasteiger partial charge in [-0.1, -0.05) is 81.8 Å². The Balaban J connectivity index is 1.78. The van der Waals surface area contributed by atoms with Crippen molar-refractivity contribution in [2.45, 2.75) is 65.0 Å². The lowest BCUT2D eigenvalue weighted by atomic mass is 9.75. The van der Waals surface area contributed by atoms with E-state index in [9.17, 15) is 0 Å². The van der Waals surface area contributed by atoms with E-state index < -0.39 is 8.32 Å². The summed E-state index contributed by atoms with van der Waals surface area (Å²) in [7, 11) is -2.18. The summed E-state index contributed by atoms with van der Waals surface area (Å²) < 4.78 is 7.42. The van der Waals surface area contributed by atoms with E-state index in [0.717, 1.165) is 5.92 Å². The molecule has 1 nitrogen and oxygen atoms in total. The summed E-state index contributed by atoms with van der Waals surface area (Å²) in [6, 6.07) is 21.6. The predicted molar refractivity (Wildman–Crippen MR) is 117 cm³/mol. The van der Waals surface area contributed by atoms with Crippen molar-refractivity contribution in [1.82, 2.24) is 0 Å². The Morgan fingerprint density at radius 2 is 1.70 bits per heavy atom. The average molecular weight is 379 g/mol. The van der Waals surface area contributed by atoms with Gasteiger partial charge in [0.1, 0.15) is 0 Å². The monoisotopic (exact) mass is 378 g/mol. The lowest BCUT2D eigenvalue weighted by Crippen LogP contribution is -2.65. The van der Waals surface area contributed by atoms with Crippen molar-refractivity contribution in [3.8, 4) is 0 Å². The Kier molecular flexibility index (Phi) is 5.57.